The average Bonchev–Trinajstić information content (AvgIpc) is 2.24. The lowest BCUT2D eigenvalue weighted by molar-refractivity contribution is 0.183. The van der Waals surface area contributed by atoms with Crippen LogP contribution in [-0.2, 0) is 4.74 Å². The summed E-state index contributed by atoms with van der Waals surface area (Å²) in [7, 11) is 1.64. The number of carbonyl (C=O) groups is 1. The van der Waals surface area contributed by atoms with Crippen molar-refractivity contribution in [1.29, 1.82) is 0 Å². The summed E-state index contributed by atoms with van der Waals surface area (Å²) in [5.41, 5.74) is 0. The van der Waals surface area contributed by atoms with Crippen LogP contribution in [-0.4, -0.2) is 44.0 Å². The monoisotopic (exact) mass is 232 g/mol. The third kappa shape index (κ3) is 8.49. The minimum Gasteiger partial charge on any atom is -0.396 e. The molecular weight excluding hydrogens is 208 g/mol. The van der Waals surface area contributed by atoms with Crippen molar-refractivity contribution in [2.45, 2.75) is 32.7 Å². The van der Waals surface area contributed by atoms with E-state index in [9.17, 15) is 4.79 Å². The maximum Gasteiger partial charge on any atom is 0.315 e. The molecule has 0 fully saturated rings. The molecule has 96 valence electrons. The van der Waals surface area contributed by atoms with Crippen molar-refractivity contribution < 1.29 is 14.6 Å². The third-order valence-corrected chi connectivity index (χ3v) is 2.37. The second kappa shape index (κ2) is 9.42. The summed E-state index contributed by atoms with van der Waals surface area (Å²) in [6.45, 7) is 5.32. The van der Waals surface area contributed by atoms with E-state index in [1.807, 2.05) is 13.8 Å². The van der Waals surface area contributed by atoms with Gasteiger partial charge in [0, 0.05) is 32.9 Å². The molecule has 3 N–H and O–H groups in total. The van der Waals surface area contributed by atoms with Gasteiger partial charge in [0.2, 0.25) is 0 Å². The topological polar surface area (TPSA) is 70.6 Å². The Labute approximate surface area is 97.6 Å². The van der Waals surface area contributed by atoms with Crippen LogP contribution in [0, 0.1) is 5.92 Å². The Morgan fingerprint density at radius 2 is 2.06 bits per heavy atom. The molecule has 2 amide bonds. The molecule has 5 heteroatoms. The first kappa shape index (κ1) is 15.2. The summed E-state index contributed by atoms with van der Waals surface area (Å²) in [6, 6.07) is -0.0542. The predicted molar refractivity (Wildman–Crippen MR) is 63.4 cm³/mol. The Morgan fingerprint density at radius 1 is 1.38 bits per heavy atom. The lowest BCUT2D eigenvalue weighted by Crippen LogP contribution is -2.42. The number of nitrogens with one attached hydrogen (secondary N) is 2. The third-order valence-electron chi connectivity index (χ3n) is 2.37. The number of amides is 2. The molecular formula is C11H24N2O3. The summed E-state index contributed by atoms with van der Waals surface area (Å²) >= 11 is 0. The van der Waals surface area contributed by atoms with E-state index in [0.717, 1.165) is 6.42 Å². The molecule has 5 nitrogen and oxygen atoms in total. The molecule has 0 heterocycles. The van der Waals surface area contributed by atoms with Crippen molar-refractivity contribution in [2.75, 3.05) is 26.9 Å². The molecule has 0 aromatic heterocycles. The van der Waals surface area contributed by atoms with Gasteiger partial charge in [0.1, 0.15) is 0 Å². The van der Waals surface area contributed by atoms with Gasteiger partial charge in [-0.05, 0) is 25.7 Å². The fourth-order valence-corrected chi connectivity index (χ4v) is 1.23. The average molecular weight is 232 g/mol. The lowest BCUT2D eigenvalue weighted by atomic mass is 10.1. The predicted octanol–water partition coefficient (Wildman–Crippen LogP) is 0.729. The van der Waals surface area contributed by atoms with Crippen molar-refractivity contribution in [1.82, 2.24) is 10.6 Å². The lowest BCUT2D eigenvalue weighted by Gasteiger charge is -2.16. The minimum absolute atomic E-state index is 0.105. The van der Waals surface area contributed by atoms with Gasteiger partial charge in [0.05, 0.1) is 0 Å². The van der Waals surface area contributed by atoms with Crippen LogP contribution in [0.2, 0.25) is 0 Å². The molecule has 0 bridgehead atoms. The van der Waals surface area contributed by atoms with Crippen molar-refractivity contribution in [3.05, 3.63) is 0 Å². The van der Waals surface area contributed by atoms with Crippen LogP contribution in [0.1, 0.15) is 26.7 Å². The van der Waals surface area contributed by atoms with Crippen LogP contribution in [0.15, 0.2) is 0 Å². The van der Waals surface area contributed by atoms with Crippen LogP contribution in [0.4, 0.5) is 4.79 Å². The normalized spacial score (nSPS) is 14.2. The number of aliphatic hydroxyl groups is 1. The van der Waals surface area contributed by atoms with Crippen molar-refractivity contribution in [2.24, 2.45) is 5.92 Å². The maximum atomic E-state index is 11.4. The molecule has 0 saturated heterocycles. The van der Waals surface area contributed by atoms with Gasteiger partial charge in [0.25, 0.3) is 0 Å². The molecule has 0 aromatic rings. The van der Waals surface area contributed by atoms with Crippen LogP contribution in [0.3, 0.4) is 0 Å². The zero-order valence-electron chi connectivity index (χ0n) is 10.5. The molecule has 0 aliphatic carbocycles. The highest BCUT2D eigenvalue weighted by atomic mass is 16.5. The number of carbonyl (C=O) groups excluding carboxylic acids is 1. The quantitative estimate of drug-likeness (QED) is 0.578. The Balaban J connectivity index is 3.57. The van der Waals surface area contributed by atoms with Crippen LogP contribution >= 0.6 is 0 Å². The summed E-state index contributed by atoms with van der Waals surface area (Å²) in [6.07, 6.45) is 1.51. The molecule has 16 heavy (non-hydrogen) atoms. The molecule has 0 rings (SSSR count). The van der Waals surface area contributed by atoms with E-state index in [-0.39, 0.29) is 18.7 Å². The number of hydrogen-bond acceptors (Lipinski definition) is 3. The van der Waals surface area contributed by atoms with E-state index in [2.05, 4.69) is 10.6 Å². The van der Waals surface area contributed by atoms with Crippen molar-refractivity contribution in [3.63, 3.8) is 0 Å². The highest BCUT2D eigenvalue weighted by Gasteiger charge is 2.08. The first-order chi connectivity index (χ1) is 7.60. The zero-order chi connectivity index (χ0) is 12.4. The van der Waals surface area contributed by atoms with Crippen LogP contribution in [0.25, 0.3) is 0 Å². The van der Waals surface area contributed by atoms with E-state index in [4.69, 9.17) is 9.84 Å². The summed E-state index contributed by atoms with van der Waals surface area (Å²) in [4.78, 5) is 11.4. The van der Waals surface area contributed by atoms with Gasteiger partial charge in [-0.15, -0.1) is 0 Å². The highest BCUT2D eigenvalue weighted by molar-refractivity contribution is 5.74. The first-order valence-corrected chi connectivity index (χ1v) is 5.74. The molecule has 0 aliphatic heterocycles. The SMILES string of the molecule is COCCC(C)NC(=O)NCC(C)CCO. The summed E-state index contributed by atoms with van der Waals surface area (Å²) in [5.74, 6) is 0.296. The number of hydrogen-bond donors (Lipinski definition) is 3. The van der Waals surface area contributed by atoms with Gasteiger partial charge >= 0.3 is 6.03 Å². The highest BCUT2D eigenvalue weighted by Crippen LogP contribution is 1.97. The largest absolute Gasteiger partial charge is 0.396 e. The molecule has 0 saturated carbocycles. The van der Waals surface area contributed by atoms with E-state index < -0.39 is 0 Å². The van der Waals surface area contributed by atoms with E-state index in [0.29, 0.717) is 25.5 Å². The van der Waals surface area contributed by atoms with Crippen LogP contribution < -0.4 is 10.6 Å². The first-order valence-electron chi connectivity index (χ1n) is 5.74. The van der Waals surface area contributed by atoms with Gasteiger partial charge in [-0.3, -0.25) is 0 Å². The molecule has 2 unspecified atom stereocenters. The van der Waals surface area contributed by atoms with Gasteiger partial charge in [-0.1, -0.05) is 6.92 Å². The number of urea groups is 1. The van der Waals surface area contributed by atoms with Gasteiger partial charge in [0.15, 0.2) is 0 Å². The minimum atomic E-state index is -0.159. The smallest absolute Gasteiger partial charge is 0.315 e. The molecule has 0 spiro atoms. The summed E-state index contributed by atoms with van der Waals surface area (Å²) < 4.78 is 4.92. The number of rotatable bonds is 8. The van der Waals surface area contributed by atoms with Gasteiger partial charge in [-0.25, -0.2) is 4.79 Å². The molecule has 0 radical (unpaired) electrons. The number of ether oxygens (including phenoxy) is 1. The molecule has 0 aliphatic rings. The van der Waals surface area contributed by atoms with Gasteiger partial charge < -0.3 is 20.5 Å². The Hall–Kier alpha value is -0.810. The fraction of sp³-hybridized carbons (Fsp3) is 0.909. The summed E-state index contributed by atoms with van der Waals surface area (Å²) in [5, 5.41) is 14.3. The second-order valence-electron chi connectivity index (χ2n) is 4.15. The molecule has 0 aromatic carbocycles. The number of aliphatic hydroxyl groups excluding tert-OH is 1. The zero-order valence-corrected chi connectivity index (χ0v) is 10.5. The van der Waals surface area contributed by atoms with Crippen molar-refractivity contribution in [3.8, 4) is 0 Å². The standard InChI is InChI=1S/C11H24N2O3/c1-9(4-6-14)8-12-11(15)13-10(2)5-7-16-3/h9-10,14H,4-8H2,1-3H3,(H2,12,13,15). The van der Waals surface area contributed by atoms with Crippen LogP contribution in [0.5, 0.6) is 0 Å². The van der Waals surface area contributed by atoms with E-state index in [1.54, 1.807) is 7.11 Å². The molecule has 2 atom stereocenters. The van der Waals surface area contributed by atoms with Gasteiger partial charge in [-0.2, -0.15) is 0 Å². The van der Waals surface area contributed by atoms with E-state index in [1.165, 1.54) is 0 Å². The fourth-order valence-electron chi connectivity index (χ4n) is 1.23. The number of methoxy groups -OCH3 is 1. The maximum absolute atomic E-state index is 11.4. The van der Waals surface area contributed by atoms with E-state index >= 15 is 0 Å². The second-order valence-corrected chi connectivity index (χ2v) is 4.15. The Morgan fingerprint density at radius 3 is 2.62 bits per heavy atom. The Kier molecular flexibility index (Phi) is 8.94. The Bertz CT molecular complexity index is 188. The van der Waals surface area contributed by atoms with Crippen molar-refractivity contribution >= 4 is 6.03 Å².